The lowest BCUT2D eigenvalue weighted by molar-refractivity contribution is -0.113. The third kappa shape index (κ3) is 4.13. The van der Waals surface area contributed by atoms with Crippen LogP contribution in [0.25, 0.3) is 27.4 Å². The molecule has 0 bridgehead atoms. The molecule has 162 valence electrons. The first-order valence-corrected chi connectivity index (χ1v) is 11.6. The fourth-order valence-corrected chi connectivity index (χ4v) is 4.69. The van der Waals surface area contributed by atoms with Crippen molar-refractivity contribution in [3.8, 4) is 5.69 Å². The van der Waals surface area contributed by atoms with Gasteiger partial charge >= 0.3 is 0 Å². The summed E-state index contributed by atoms with van der Waals surface area (Å²) in [5.41, 5.74) is 2.95. The summed E-state index contributed by atoms with van der Waals surface area (Å²) in [6.45, 7) is 1.96. The van der Waals surface area contributed by atoms with Gasteiger partial charge in [-0.25, -0.2) is 4.98 Å². The van der Waals surface area contributed by atoms with Gasteiger partial charge in [0, 0.05) is 11.1 Å². The van der Waals surface area contributed by atoms with Gasteiger partial charge in [-0.15, -0.1) is 0 Å². The lowest BCUT2D eigenvalue weighted by atomic mass is 10.1. The number of thioether (sulfide) groups is 1. The Morgan fingerprint density at radius 2 is 1.58 bits per heavy atom. The first kappa shape index (κ1) is 21.0. The number of anilines is 1. The maximum Gasteiger partial charge on any atom is 0.266 e. The summed E-state index contributed by atoms with van der Waals surface area (Å²) in [6, 6.07) is 28.7. The van der Waals surface area contributed by atoms with E-state index in [4.69, 9.17) is 4.98 Å². The molecule has 1 aromatic heterocycles. The number of aromatic nitrogens is 2. The lowest BCUT2D eigenvalue weighted by Gasteiger charge is -2.15. The van der Waals surface area contributed by atoms with Gasteiger partial charge < -0.3 is 5.32 Å². The molecule has 0 saturated carbocycles. The van der Waals surface area contributed by atoms with E-state index in [1.54, 1.807) is 10.6 Å². The summed E-state index contributed by atoms with van der Waals surface area (Å²) >= 11 is 1.25. The van der Waals surface area contributed by atoms with Crippen LogP contribution in [-0.2, 0) is 4.79 Å². The van der Waals surface area contributed by atoms with E-state index in [1.807, 2.05) is 91.9 Å². The molecule has 1 amide bonds. The highest BCUT2D eigenvalue weighted by Crippen LogP contribution is 2.25. The average Bonchev–Trinajstić information content (AvgIpc) is 2.84. The van der Waals surface area contributed by atoms with Gasteiger partial charge in [0.25, 0.3) is 5.56 Å². The molecule has 1 heterocycles. The van der Waals surface area contributed by atoms with Crippen molar-refractivity contribution in [2.45, 2.75) is 12.1 Å². The summed E-state index contributed by atoms with van der Waals surface area (Å²) in [5.74, 6) is -0.0324. The Hall–Kier alpha value is -3.90. The van der Waals surface area contributed by atoms with Crippen LogP contribution < -0.4 is 10.9 Å². The Morgan fingerprint density at radius 3 is 2.42 bits per heavy atom. The van der Waals surface area contributed by atoms with E-state index in [-0.39, 0.29) is 17.2 Å². The summed E-state index contributed by atoms with van der Waals surface area (Å²) in [5, 5.41) is 6.08. The highest BCUT2D eigenvalue weighted by molar-refractivity contribution is 7.99. The van der Waals surface area contributed by atoms with E-state index in [9.17, 15) is 9.59 Å². The van der Waals surface area contributed by atoms with Crippen LogP contribution in [0.3, 0.4) is 0 Å². The van der Waals surface area contributed by atoms with Gasteiger partial charge in [0.15, 0.2) is 5.16 Å². The predicted molar refractivity (Wildman–Crippen MR) is 135 cm³/mol. The second-order valence-electron chi connectivity index (χ2n) is 7.70. The van der Waals surface area contributed by atoms with E-state index >= 15 is 0 Å². The molecule has 0 aliphatic heterocycles. The van der Waals surface area contributed by atoms with E-state index in [0.29, 0.717) is 16.1 Å². The number of rotatable bonds is 5. The summed E-state index contributed by atoms with van der Waals surface area (Å²) in [6.07, 6.45) is 0. The van der Waals surface area contributed by atoms with Gasteiger partial charge in [-0.2, -0.15) is 0 Å². The molecule has 5 rings (SSSR count). The molecule has 0 spiro atoms. The maximum absolute atomic E-state index is 13.4. The van der Waals surface area contributed by atoms with Crippen LogP contribution in [0, 0.1) is 6.92 Å². The van der Waals surface area contributed by atoms with Crippen molar-refractivity contribution < 1.29 is 4.79 Å². The van der Waals surface area contributed by atoms with E-state index < -0.39 is 0 Å². The zero-order valence-electron chi connectivity index (χ0n) is 18.0. The quantitative estimate of drug-likeness (QED) is 0.280. The van der Waals surface area contributed by atoms with Crippen LogP contribution in [0.5, 0.6) is 0 Å². The standard InChI is InChI=1S/C27H21N3O2S/c1-18-9-2-7-16-24(18)30-26(32)21-13-5-6-14-23(21)29-27(30)33-17-25(31)28-22-15-8-11-19-10-3-4-12-20(19)22/h2-16H,17H2,1H3,(H,28,31). The Balaban J connectivity index is 1.48. The van der Waals surface area contributed by atoms with Crippen LogP contribution in [-0.4, -0.2) is 21.2 Å². The lowest BCUT2D eigenvalue weighted by Crippen LogP contribution is -2.23. The zero-order chi connectivity index (χ0) is 22.8. The van der Waals surface area contributed by atoms with Gasteiger partial charge in [0.2, 0.25) is 5.91 Å². The zero-order valence-corrected chi connectivity index (χ0v) is 18.8. The Kier molecular flexibility index (Phi) is 5.67. The van der Waals surface area contributed by atoms with Crippen LogP contribution in [0.1, 0.15) is 5.56 Å². The number of fused-ring (bicyclic) bond motifs is 2. The van der Waals surface area contributed by atoms with Gasteiger partial charge in [-0.05, 0) is 42.1 Å². The number of aryl methyl sites for hydroxylation is 1. The predicted octanol–water partition coefficient (Wildman–Crippen LogP) is 5.58. The second-order valence-corrected chi connectivity index (χ2v) is 8.64. The Morgan fingerprint density at radius 1 is 0.879 bits per heavy atom. The fraction of sp³-hybridized carbons (Fsp3) is 0.0741. The molecule has 5 aromatic rings. The van der Waals surface area contributed by atoms with Crippen molar-refractivity contribution in [2.24, 2.45) is 0 Å². The highest BCUT2D eigenvalue weighted by Gasteiger charge is 2.16. The summed E-state index contributed by atoms with van der Waals surface area (Å²) in [4.78, 5) is 31.0. The average molecular weight is 452 g/mol. The number of benzene rings is 4. The molecule has 0 atom stereocenters. The first-order valence-electron chi connectivity index (χ1n) is 10.6. The molecule has 0 unspecified atom stereocenters. The Bertz CT molecular complexity index is 1550. The Labute approximate surface area is 195 Å². The number of amides is 1. The fourth-order valence-electron chi connectivity index (χ4n) is 3.89. The SMILES string of the molecule is Cc1ccccc1-n1c(SCC(=O)Nc2cccc3ccccc23)nc2ccccc2c1=O. The first-order chi connectivity index (χ1) is 16.1. The molecular weight excluding hydrogens is 430 g/mol. The largest absolute Gasteiger partial charge is 0.325 e. The van der Waals surface area contributed by atoms with Crippen molar-refractivity contribution in [3.05, 3.63) is 107 Å². The molecule has 0 fully saturated rings. The molecule has 6 heteroatoms. The van der Waals surface area contributed by atoms with Crippen molar-refractivity contribution in [1.82, 2.24) is 9.55 Å². The number of para-hydroxylation sites is 2. The molecular formula is C27H21N3O2S. The van der Waals surface area contributed by atoms with Crippen molar-refractivity contribution >= 4 is 45.0 Å². The number of hydrogen-bond donors (Lipinski definition) is 1. The van der Waals surface area contributed by atoms with E-state index in [1.165, 1.54) is 11.8 Å². The third-order valence-corrected chi connectivity index (χ3v) is 6.44. The number of nitrogens with zero attached hydrogens (tertiary/aromatic N) is 2. The molecule has 0 saturated heterocycles. The van der Waals surface area contributed by atoms with Crippen LogP contribution in [0.4, 0.5) is 5.69 Å². The van der Waals surface area contributed by atoms with Crippen molar-refractivity contribution in [1.29, 1.82) is 0 Å². The van der Waals surface area contributed by atoms with E-state index in [2.05, 4.69) is 5.32 Å². The number of hydrogen-bond acceptors (Lipinski definition) is 4. The number of nitrogens with one attached hydrogen (secondary N) is 1. The van der Waals surface area contributed by atoms with Crippen LogP contribution in [0.2, 0.25) is 0 Å². The second kappa shape index (κ2) is 8.92. The van der Waals surface area contributed by atoms with Crippen molar-refractivity contribution in [3.63, 3.8) is 0 Å². The summed E-state index contributed by atoms with van der Waals surface area (Å²) in [7, 11) is 0. The van der Waals surface area contributed by atoms with E-state index in [0.717, 1.165) is 27.7 Å². The molecule has 5 nitrogen and oxygen atoms in total. The number of carbonyl (C=O) groups is 1. The minimum absolute atomic E-state index is 0.125. The van der Waals surface area contributed by atoms with Gasteiger partial charge in [-0.1, -0.05) is 78.5 Å². The monoisotopic (exact) mass is 451 g/mol. The van der Waals surface area contributed by atoms with Gasteiger partial charge in [0.05, 0.1) is 22.3 Å². The molecule has 4 aromatic carbocycles. The molecule has 1 N–H and O–H groups in total. The maximum atomic E-state index is 13.4. The molecule has 33 heavy (non-hydrogen) atoms. The van der Waals surface area contributed by atoms with Crippen LogP contribution in [0.15, 0.2) is 101 Å². The molecule has 0 aliphatic carbocycles. The molecule has 0 aliphatic rings. The van der Waals surface area contributed by atoms with Gasteiger partial charge in [-0.3, -0.25) is 14.2 Å². The topological polar surface area (TPSA) is 64.0 Å². The smallest absolute Gasteiger partial charge is 0.266 e. The third-order valence-electron chi connectivity index (χ3n) is 5.50. The van der Waals surface area contributed by atoms with Gasteiger partial charge in [0.1, 0.15) is 0 Å². The minimum Gasteiger partial charge on any atom is -0.325 e. The minimum atomic E-state index is -0.157. The van der Waals surface area contributed by atoms with Crippen molar-refractivity contribution in [2.75, 3.05) is 11.1 Å². The summed E-state index contributed by atoms with van der Waals surface area (Å²) < 4.78 is 1.60. The van der Waals surface area contributed by atoms with Crippen LogP contribution >= 0.6 is 11.8 Å². The highest BCUT2D eigenvalue weighted by atomic mass is 32.2. The molecule has 0 radical (unpaired) electrons. The normalized spacial score (nSPS) is 11.1. The number of carbonyl (C=O) groups excluding carboxylic acids is 1.